The molecule has 0 aromatic rings. The number of alkyl halides is 1. The summed E-state index contributed by atoms with van der Waals surface area (Å²) in [4.78, 5) is 0.445. The van der Waals surface area contributed by atoms with E-state index < -0.39 is 10.0 Å². The Kier molecular flexibility index (Phi) is 7.13. The number of hydrogen-bond acceptors (Lipinski definition) is 3. The van der Waals surface area contributed by atoms with Gasteiger partial charge in [0.2, 0.25) is 10.0 Å². The van der Waals surface area contributed by atoms with Gasteiger partial charge in [-0.25, -0.2) is 13.1 Å². The van der Waals surface area contributed by atoms with Crippen LogP contribution in [-0.4, -0.2) is 38.3 Å². The van der Waals surface area contributed by atoms with Crippen molar-refractivity contribution in [3.05, 3.63) is 0 Å². The Morgan fingerprint density at radius 3 is 2.61 bits per heavy atom. The minimum Gasteiger partial charge on any atom is -0.378 e. The second-order valence-corrected chi connectivity index (χ2v) is 8.25. The van der Waals surface area contributed by atoms with Crippen molar-refractivity contribution in [3.63, 3.8) is 0 Å². The lowest BCUT2D eigenvalue weighted by Gasteiger charge is -2.27. The fourth-order valence-corrected chi connectivity index (χ4v) is 3.80. The molecule has 0 aliphatic heterocycles. The molecular formula is C12H24BrNO3S. The minimum atomic E-state index is -3.20. The first-order valence-corrected chi connectivity index (χ1v) is 9.20. The third-order valence-corrected chi connectivity index (χ3v) is 5.70. The number of rotatable bonds is 7. The van der Waals surface area contributed by atoms with Crippen molar-refractivity contribution in [3.8, 4) is 0 Å². The van der Waals surface area contributed by atoms with Gasteiger partial charge in [-0.3, -0.25) is 0 Å². The van der Waals surface area contributed by atoms with E-state index >= 15 is 0 Å². The van der Waals surface area contributed by atoms with E-state index in [1.165, 1.54) is 12.8 Å². The molecule has 18 heavy (non-hydrogen) atoms. The molecule has 1 aliphatic carbocycles. The zero-order valence-electron chi connectivity index (χ0n) is 11.2. The Morgan fingerprint density at radius 2 is 2.00 bits per heavy atom. The van der Waals surface area contributed by atoms with Gasteiger partial charge < -0.3 is 4.74 Å². The lowest BCUT2D eigenvalue weighted by molar-refractivity contribution is 0.0911. The van der Waals surface area contributed by atoms with E-state index in [0.29, 0.717) is 17.3 Å². The summed E-state index contributed by atoms with van der Waals surface area (Å²) in [7, 11) is -3.20. The molecule has 1 N–H and O–H groups in total. The van der Waals surface area contributed by atoms with E-state index in [9.17, 15) is 8.42 Å². The highest BCUT2D eigenvalue weighted by Gasteiger charge is 2.24. The number of halogens is 1. The highest BCUT2D eigenvalue weighted by Crippen LogP contribution is 2.29. The van der Waals surface area contributed by atoms with Crippen molar-refractivity contribution in [2.75, 3.05) is 18.9 Å². The molecule has 2 atom stereocenters. The van der Waals surface area contributed by atoms with E-state index in [0.717, 1.165) is 12.8 Å². The molecule has 4 nitrogen and oxygen atoms in total. The van der Waals surface area contributed by atoms with Gasteiger partial charge >= 0.3 is 0 Å². The molecule has 1 fully saturated rings. The summed E-state index contributed by atoms with van der Waals surface area (Å²) < 4.78 is 31.5. The molecule has 0 aromatic heterocycles. The van der Waals surface area contributed by atoms with Crippen LogP contribution >= 0.6 is 15.9 Å². The van der Waals surface area contributed by atoms with Gasteiger partial charge in [0, 0.05) is 11.4 Å². The second kappa shape index (κ2) is 7.82. The number of nitrogens with one attached hydrogen (secondary N) is 1. The van der Waals surface area contributed by atoms with Gasteiger partial charge in [0.05, 0.1) is 18.5 Å². The van der Waals surface area contributed by atoms with Crippen molar-refractivity contribution in [1.29, 1.82) is 0 Å². The Bertz CT molecular complexity index is 332. The summed E-state index contributed by atoms with van der Waals surface area (Å²) in [6.45, 7) is 4.60. The molecule has 0 spiro atoms. The van der Waals surface area contributed by atoms with E-state index in [1.54, 1.807) is 0 Å². The van der Waals surface area contributed by atoms with Gasteiger partial charge in [0.15, 0.2) is 0 Å². The van der Waals surface area contributed by atoms with Crippen LogP contribution in [-0.2, 0) is 14.8 Å². The minimum absolute atomic E-state index is 0.0465. The lowest BCUT2D eigenvalue weighted by atomic mass is 9.89. The molecule has 0 aromatic carbocycles. The van der Waals surface area contributed by atoms with Crippen LogP contribution in [0.4, 0.5) is 0 Å². The summed E-state index contributed by atoms with van der Waals surface area (Å²) in [5.41, 5.74) is 0. The highest BCUT2D eigenvalue weighted by molar-refractivity contribution is 9.09. The molecule has 0 saturated heterocycles. The van der Waals surface area contributed by atoms with Crippen molar-refractivity contribution in [1.82, 2.24) is 4.72 Å². The van der Waals surface area contributed by atoms with Crippen LogP contribution in [0.3, 0.4) is 0 Å². The molecule has 108 valence electrons. The molecule has 0 radical (unpaired) electrons. The maximum absolute atomic E-state index is 11.8. The zero-order valence-corrected chi connectivity index (χ0v) is 13.6. The first-order chi connectivity index (χ1) is 8.41. The summed E-state index contributed by atoms with van der Waals surface area (Å²) in [5.74, 6) is 0.463. The van der Waals surface area contributed by atoms with Crippen molar-refractivity contribution in [2.24, 2.45) is 5.92 Å². The van der Waals surface area contributed by atoms with Crippen LogP contribution in [0, 0.1) is 5.92 Å². The first-order valence-electron chi connectivity index (χ1n) is 6.64. The van der Waals surface area contributed by atoms with Gasteiger partial charge in [0.1, 0.15) is 0 Å². The van der Waals surface area contributed by atoms with Crippen molar-refractivity contribution < 1.29 is 13.2 Å². The average Bonchev–Trinajstić information content (AvgIpc) is 2.27. The summed E-state index contributed by atoms with van der Waals surface area (Å²) in [6, 6.07) is 0. The molecule has 0 bridgehead atoms. The van der Waals surface area contributed by atoms with Crippen LogP contribution in [0.15, 0.2) is 0 Å². The Morgan fingerprint density at radius 1 is 1.33 bits per heavy atom. The van der Waals surface area contributed by atoms with Gasteiger partial charge in [0.25, 0.3) is 0 Å². The molecule has 1 aliphatic rings. The third kappa shape index (κ3) is 6.50. The van der Waals surface area contributed by atoms with E-state index in [-0.39, 0.29) is 18.5 Å². The van der Waals surface area contributed by atoms with Gasteiger partial charge in [-0.2, -0.15) is 0 Å². The smallest absolute Gasteiger partial charge is 0.213 e. The van der Waals surface area contributed by atoms with Gasteiger partial charge in [-0.15, -0.1) is 0 Å². The lowest BCUT2D eigenvalue weighted by Crippen LogP contribution is -2.36. The number of sulfonamides is 1. The standard InChI is InChI=1S/C12H24BrNO3S/c1-10(2)17-7-8-18(15,16)14-9-11-5-3-4-6-12(11)13/h10-12,14H,3-9H2,1-2H3. The Labute approximate surface area is 119 Å². The molecule has 1 rings (SSSR count). The molecule has 1 saturated carbocycles. The Balaban J connectivity index is 2.27. The SMILES string of the molecule is CC(C)OCCS(=O)(=O)NCC1CCCCC1Br. The molecule has 0 heterocycles. The average molecular weight is 342 g/mol. The predicted octanol–water partition coefficient (Wildman–Crippen LogP) is 2.28. The van der Waals surface area contributed by atoms with Crippen LogP contribution < -0.4 is 4.72 Å². The molecule has 6 heteroatoms. The fourth-order valence-electron chi connectivity index (χ4n) is 2.09. The van der Waals surface area contributed by atoms with Crippen LogP contribution in [0.25, 0.3) is 0 Å². The van der Waals surface area contributed by atoms with Crippen LogP contribution in [0.5, 0.6) is 0 Å². The third-order valence-electron chi connectivity index (χ3n) is 3.19. The van der Waals surface area contributed by atoms with Gasteiger partial charge in [-0.1, -0.05) is 28.8 Å². The summed E-state index contributed by atoms with van der Waals surface area (Å²) in [6.07, 6.45) is 4.75. The quantitative estimate of drug-likeness (QED) is 0.722. The van der Waals surface area contributed by atoms with Crippen molar-refractivity contribution >= 4 is 26.0 Å². The number of hydrogen-bond donors (Lipinski definition) is 1. The topological polar surface area (TPSA) is 55.4 Å². The molecule has 0 amide bonds. The normalized spacial score (nSPS) is 25.6. The van der Waals surface area contributed by atoms with Crippen LogP contribution in [0.1, 0.15) is 39.5 Å². The first kappa shape index (κ1) is 16.4. The predicted molar refractivity (Wildman–Crippen MR) is 77.6 cm³/mol. The maximum atomic E-state index is 11.8. The number of ether oxygens (including phenoxy) is 1. The van der Waals surface area contributed by atoms with E-state index in [4.69, 9.17) is 4.74 Å². The fraction of sp³-hybridized carbons (Fsp3) is 1.00. The van der Waals surface area contributed by atoms with Crippen molar-refractivity contribution in [2.45, 2.75) is 50.5 Å². The van der Waals surface area contributed by atoms with E-state index in [2.05, 4.69) is 20.7 Å². The van der Waals surface area contributed by atoms with Crippen LogP contribution in [0.2, 0.25) is 0 Å². The monoisotopic (exact) mass is 341 g/mol. The Hall–Kier alpha value is 0.350. The maximum Gasteiger partial charge on any atom is 0.213 e. The second-order valence-electron chi connectivity index (χ2n) is 5.15. The largest absolute Gasteiger partial charge is 0.378 e. The summed E-state index contributed by atoms with van der Waals surface area (Å²) in [5, 5.41) is 0. The molecular weight excluding hydrogens is 318 g/mol. The molecule has 2 unspecified atom stereocenters. The summed E-state index contributed by atoms with van der Waals surface area (Å²) >= 11 is 3.63. The van der Waals surface area contributed by atoms with Gasteiger partial charge in [-0.05, 0) is 32.6 Å². The van der Waals surface area contributed by atoms with E-state index in [1.807, 2.05) is 13.8 Å². The highest BCUT2D eigenvalue weighted by atomic mass is 79.9. The zero-order chi connectivity index (χ0) is 13.6.